The first-order valence-electron chi connectivity index (χ1n) is 5.78. The molecule has 0 fully saturated rings. The lowest BCUT2D eigenvalue weighted by Gasteiger charge is -2.17. The molecule has 6 nitrogen and oxygen atoms in total. The Morgan fingerprint density at radius 2 is 2.05 bits per heavy atom. The number of phenols is 1. The van der Waals surface area contributed by atoms with Gasteiger partial charge in [-0.1, -0.05) is 6.07 Å². The lowest BCUT2D eigenvalue weighted by Crippen LogP contribution is -2.40. The molecule has 1 aromatic carbocycles. The zero-order chi connectivity index (χ0) is 14.6. The molecule has 7 heteroatoms. The number of sulfonamides is 1. The minimum atomic E-state index is -3.78. The van der Waals surface area contributed by atoms with Crippen LogP contribution in [-0.4, -0.2) is 43.4 Å². The number of aromatic hydroxyl groups is 1. The number of carbonyl (C=O) groups is 1. The molecule has 0 atom stereocenters. The van der Waals surface area contributed by atoms with Gasteiger partial charge in [0, 0.05) is 13.1 Å². The quantitative estimate of drug-likeness (QED) is 0.827. The standard InChI is InChI=1S/C12H18N2O4S/c1-9(2)13-12(16)8-14(3)19(17,18)11-6-4-5-10(15)7-11/h4-7,9,15H,8H2,1-3H3,(H,13,16). The van der Waals surface area contributed by atoms with Crippen LogP contribution < -0.4 is 5.32 Å². The zero-order valence-corrected chi connectivity index (χ0v) is 11.9. The second kappa shape index (κ2) is 6.03. The van der Waals surface area contributed by atoms with Crippen molar-refractivity contribution in [3.05, 3.63) is 24.3 Å². The second-order valence-corrected chi connectivity index (χ2v) is 6.53. The highest BCUT2D eigenvalue weighted by molar-refractivity contribution is 7.89. The molecule has 0 heterocycles. The van der Waals surface area contributed by atoms with Gasteiger partial charge >= 0.3 is 0 Å². The number of phenolic OH excluding ortho intramolecular Hbond substituents is 1. The third-order valence-corrected chi connectivity index (χ3v) is 4.14. The van der Waals surface area contributed by atoms with Crippen molar-refractivity contribution < 1.29 is 18.3 Å². The van der Waals surface area contributed by atoms with Gasteiger partial charge in [-0.15, -0.1) is 0 Å². The topological polar surface area (TPSA) is 86.7 Å². The molecular weight excluding hydrogens is 268 g/mol. The Kier molecular flexibility index (Phi) is 4.90. The van der Waals surface area contributed by atoms with E-state index in [1.54, 1.807) is 13.8 Å². The largest absolute Gasteiger partial charge is 0.508 e. The molecule has 0 unspecified atom stereocenters. The maximum absolute atomic E-state index is 12.1. The monoisotopic (exact) mass is 286 g/mol. The summed E-state index contributed by atoms with van der Waals surface area (Å²) in [6, 6.07) is 5.27. The van der Waals surface area contributed by atoms with E-state index < -0.39 is 10.0 Å². The molecule has 0 spiro atoms. The SMILES string of the molecule is CC(C)NC(=O)CN(C)S(=O)(=O)c1cccc(O)c1. The number of nitrogens with zero attached hydrogens (tertiary/aromatic N) is 1. The van der Waals surface area contributed by atoms with Gasteiger partial charge < -0.3 is 10.4 Å². The summed E-state index contributed by atoms with van der Waals surface area (Å²) in [7, 11) is -2.46. The smallest absolute Gasteiger partial charge is 0.243 e. The van der Waals surface area contributed by atoms with Crippen molar-refractivity contribution >= 4 is 15.9 Å². The van der Waals surface area contributed by atoms with Crippen LogP contribution in [0.5, 0.6) is 5.75 Å². The molecule has 19 heavy (non-hydrogen) atoms. The first kappa shape index (κ1) is 15.5. The average molecular weight is 286 g/mol. The predicted molar refractivity (Wildman–Crippen MR) is 71.2 cm³/mol. The summed E-state index contributed by atoms with van der Waals surface area (Å²) in [5.74, 6) is -0.512. The number of amides is 1. The van der Waals surface area contributed by atoms with E-state index in [1.807, 2.05) is 0 Å². The molecule has 0 bridgehead atoms. The molecule has 0 aromatic heterocycles. The molecule has 106 valence electrons. The first-order chi connectivity index (χ1) is 8.73. The molecule has 1 aromatic rings. The fraction of sp³-hybridized carbons (Fsp3) is 0.417. The van der Waals surface area contributed by atoms with E-state index >= 15 is 0 Å². The van der Waals surface area contributed by atoms with Crippen molar-refractivity contribution in [2.75, 3.05) is 13.6 Å². The highest BCUT2D eigenvalue weighted by Crippen LogP contribution is 2.18. The Bertz CT molecular complexity index is 555. The molecular formula is C12H18N2O4S. The van der Waals surface area contributed by atoms with Gasteiger partial charge in [-0.3, -0.25) is 4.79 Å². The van der Waals surface area contributed by atoms with Gasteiger partial charge in [-0.2, -0.15) is 4.31 Å². The van der Waals surface area contributed by atoms with Gasteiger partial charge in [0.25, 0.3) is 0 Å². The Hall–Kier alpha value is -1.60. The summed E-state index contributed by atoms with van der Waals surface area (Å²) in [4.78, 5) is 11.5. The Morgan fingerprint density at radius 1 is 1.42 bits per heavy atom. The molecule has 2 N–H and O–H groups in total. The minimum absolute atomic E-state index is 0.0488. The van der Waals surface area contributed by atoms with Gasteiger partial charge in [0.05, 0.1) is 11.4 Å². The zero-order valence-electron chi connectivity index (χ0n) is 11.1. The maximum atomic E-state index is 12.1. The van der Waals surface area contributed by atoms with E-state index in [0.717, 1.165) is 10.4 Å². The predicted octanol–water partition coefficient (Wildman–Crippen LogP) is 0.537. The van der Waals surface area contributed by atoms with Crippen LogP contribution in [0.3, 0.4) is 0 Å². The summed E-state index contributed by atoms with van der Waals surface area (Å²) < 4.78 is 25.2. The van der Waals surface area contributed by atoms with Crippen LogP contribution in [0.25, 0.3) is 0 Å². The van der Waals surface area contributed by atoms with Crippen LogP contribution in [0.2, 0.25) is 0 Å². The number of carbonyl (C=O) groups excluding carboxylic acids is 1. The van der Waals surface area contributed by atoms with Gasteiger partial charge in [-0.25, -0.2) is 8.42 Å². The summed E-state index contributed by atoms with van der Waals surface area (Å²) in [5.41, 5.74) is 0. The fourth-order valence-electron chi connectivity index (χ4n) is 1.48. The second-order valence-electron chi connectivity index (χ2n) is 4.48. The van der Waals surface area contributed by atoms with Crippen LogP contribution in [-0.2, 0) is 14.8 Å². The van der Waals surface area contributed by atoms with E-state index in [1.165, 1.54) is 25.2 Å². The summed E-state index contributed by atoms with van der Waals surface area (Å²) in [6.45, 7) is 3.32. The molecule has 0 radical (unpaired) electrons. The number of likely N-dealkylation sites (N-methyl/N-ethyl adjacent to an activating group) is 1. The summed E-state index contributed by atoms with van der Waals surface area (Å²) >= 11 is 0. The van der Waals surface area contributed by atoms with Crippen LogP contribution in [0, 0.1) is 0 Å². The Morgan fingerprint density at radius 3 is 2.58 bits per heavy atom. The van der Waals surface area contributed by atoms with Gasteiger partial charge in [0.15, 0.2) is 0 Å². The van der Waals surface area contributed by atoms with Crippen LogP contribution in [0.1, 0.15) is 13.8 Å². The van der Waals surface area contributed by atoms with E-state index in [2.05, 4.69) is 5.32 Å². The van der Waals surface area contributed by atoms with E-state index in [4.69, 9.17) is 0 Å². The highest BCUT2D eigenvalue weighted by atomic mass is 32.2. The Balaban J connectivity index is 2.86. The molecule has 0 aliphatic heterocycles. The molecule has 0 aliphatic rings. The van der Waals surface area contributed by atoms with Crippen LogP contribution in [0.15, 0.2) is 29.2 Å². The number of rotatable bonds is 5. The summed E-state index contributed by atoms with van der Waals surface area (Å²) in [5, 5.41) is 11.9. The Labute approximate surface area is 113 Å². The molecule has 1 rings (SSSR count). The number of nitrogens with one attached hydrogen (secondary N) is 1. The normalized spacial score (nSPS) is 11.8. The molecule has 1 amide bonds. The molecule has 0 aliphatic carbocycles. The van der Waals surface area contributed by atoms with Crippen molar-refractivity contribution in [1.29, 1.82) is 0 Å². The number of benzene rings is 1. The van der Waals surface area contributed by atoms with Crippen molar-refractivity contribution in [3.8, 4) is 5.75 Å². The first-order valence-corrected chi connectivity index (χ1v) is 7.22. The van der Waals surface area contributed by atoms with Crippen LogP contribution in [0.4, 0.5) is 0 Å². The van der Waals surface area contributed by atoms with Gasteiger partial charge in [-0.05, 0) is 32.0 Å². The van der Waals surface area contributed by atoms with E-state index in [0.29, 0.717) is 0 Å². The van der Waals surface area contributed by atoms with Crippen molar-refractivity contribution in [2.24, 2.45) is 0 Å². The highest BCUT2D eigenvalue weighted by Gasteiger charge is 2.23. The third kappa shape index (κ3) is 4.22. The fourth-order valence-corrected chi connectivity index (χ4v) is 2.65. The van der Waals surface area contributed by atoms with E-state index in [-0.39, 0.29) is 29.1 Å². The molecule has 0 saturated carbocycles. The van der Waals surface area contributed by atoms with Crippen molar-refractivity contribution in [1.82, 2.24) is 9.62 Å². The third-order valence-electron chi connectivity index (χ3n) is 2.34. The van der Waals surface area contributed by atoms with Crippen molar-refractivity contribution in [3.63, 3.8) is 0 Å². The maximum Gasteiger partial charge on any atom is 0.243 e. The average Bonchev–Trinajstić information content (AvgIpc) is 2.27. The molecule has 0 saturated heterocycles. The van der Waals surface area contributed by atoms with Crippen LogP contribution >= 0.6 is 0 Å². The van der Waals surface area contributed by atoms with Gasteiger partial charge in [0.2, 0.25) is 15.9 Å². The lowest BCUT2D eigenvalue weighted by molar-refractivity contribution is -0.121. The number of hydrogen-bond donors (Lipinski definition) is 2. The number of hydrogen-bond acceptors (Lipinski definition) is 4. The summed E-state index contributed by atoms with van der Waals surface area (Å²) in [6.07, 6.45) is 0. The van der Waals surface area contributed by atoms with E-state index in [9.17, 15) is 18.3 Å². The van der Waals surface area contributed by atoms with Crippen molar-refractivity contribution in [2.45, 2.75) is 24.8 Å². The lowest BCUT2D eigenvalue weighted by atomic mass is 10.3. The minimum Gasteiger partial charge on any atom is -0.508 e. The van der Waals surface area contributed by atoms with Gasteiger partial charge in [0.1, 0.15) is 5.75 Å².